The fourth-order valence-corrected chi connectivity index (χ4v) is 1.36. The number of hydrogen-bond donors (Lipinski definition) is 5. The van der Waals surface area contributed by atoms with Crippen LogP contribution in [0.1, 0.15) is 0 Å². The van der Waals surface area contributed by atoms with Gasteiger partial charge in [0.2, 0.25) is 5.79 Å². The molecule has 14 heavy (non-hydrogen) atoms. The Hall–Kier alpha value is -0.280. The second kappa shape index (κ2) is 4.07. The normalized spacial score (nSPS) is 49.3. The van der Waals surface area contributed by atoms with Crippen LogP contribution >= 0.6 is 0 Å². The second-order valence-corrected chi connectivity index (χ2v) is 3.09. The minimum absolute atomic E-state index is 0.614. The van der Waals surface area contributed by atoms with Gasteiger partial charge in [-0.2, -0.15) is 0 Å². The quantitative estimate of drug-likeness (QED) is 0.304. The lowest BCUT2D eigenvalue weighted by atomic mass is 9.95. The minimum atomic E-state index is -2.34. The highest BCUT2D eigenvalue weighted by atomic mass is 16.7. The zero-order valence-electron chi connectivity index (χ0n) is 7.57. The van der Waals surface area contributed by atoms with Crippen LogP contribution in [0.3, 0.4) is 0 Å². The molecule has 0 radical (unpaired) electrons. The molecule has 0 aromatic heterocycles. The summed E-state index contributed by atoms with van der Waals surface area (Å²) in [5.74, 6) is -2.34. The largest absolute Gasteiger partial charge is 0.394 e. The van der Waals surface area contributed by atoms with Crippen molar-refractivity contribution in [1.29, 1.82) is 0 Å². The van der Waals surface area contributed by atoms with Crippen LogP contribution in [0, 0.1) is 0 Å². The summed E-state index contributed by atoms with van der Waals surface area (Å²) < 4.78 is 9.13. The first-order chi connectivity index (χ1) is 6.47. The van der Waals surface area contributed by atoms with Crippen LogP contribution in [0.5, 0.6) is 0 Å². The summed E-state index contributed by atoms with van der Waals surface area (Å²) in [6.45, 7) is -0.614. The third kappa shape index (κ3) is 1.63. The molecule has 0 unspecified atom stereocenters. The molecule has 0 saturated carbocycles. The van der Waals surface area contributed by atoms with Gasteiger partial charge in [-0.15, -0.1) is 0 Å². The van der Waals surface area contributed by atoms with Crippen molar-refractivity contribution >= 4 is 0 Å². The van der Waals surface area contributed by atoms with Crippen molar-refractivity contribution in [3.8, 4) is 0 Å². The van der Waals surface area contributed by atoms with E-state index in [2.05, 4.69) is 9.47 Å². The molecular weight excluding hydrogens is 196 g/mol. The molecule has 0 aromatic rings. The van der Waals surface area contributed by atoms with E-state index in [9.17, 15) is 15.3 Å². The molecule has 1 heterocycles. The maximum atomic E-state index is 9.62. The molecule has 7 nitrogen and oxygen atoms in total. The van der Waals surface area contributed by atoms with Crippen LogP contribution in [0.15, 0.2) is 0 Å². The molecule has 0 amide bonds. The Morgan fingerprint density at radius 1 is 1.29 bits per heavy atom. The first kappa shape index (κ1) is 11.8. The highest BCUT2D eigenvalue weighted by Crippen LogP contribution is 2.29. The Kier molecular flexibility index (Phi) is 3.43. The molecule has 1 fully saturated rings. The van der Waals surface area contributed by atoms with Crippen LogP contribution < -0.4 is 0 Å². The average Bonchev–Trinajstić information content (AvgIpc) is 2.20. The highest BCUT2D eigenvalue weighted by Gasteiger charge is 2.55. The van der Waals surface area contributed by atoms with E-state index in [1.54, 1.807) is 0 Å². The first-order valence-electron chi connectivity index (χ1n) is 4.05. The lowest BCUT2D eigenvalue weighted by molar-refractivity contribution is -0.387. The van der Waals surface area contributed by atoms with E-state index >= 15 is 0 Å². The molecule has 5 atom stereocenters. The van der Waals surface area contributed by atoms with Gasteiger partial charge in [-0.25, -0.2) is 0 Å². The van der Waals surface area contributed by atoms with Crippen LogP contribution in [0.25, 0.3) is 0 Å². The molecule has 0 bridgehead atoms. The van der Waals surface area contributed by atoms with Gasteiger partial charge in [0.25, 0.3) is 0 Å². The van der Waals surface area contributed by atoms with Crippen molar-refractivity contribution in [1.82, 2.24) is 0 Å². The second-order valence-electron chi connectivity index (χ2n) is 3.09. The van der Waals surface area contributed by atoms with Crippen molar-refractivity contribution in [3.63, 3.8) is 0 Å². The molecule has 7 heteroatoms. The zero-order valence-corrected chi connectivity index (χ0v) is 7.57. The maximum Gasteiger partial charge on any atom is 0.226 e. The van der Waals surface area contributed by atoms with Crippen molar-refractivity contribution in [2.24, 2.45) is 0 Å². The summed E-state index contributed by atoms with van der Waals surface area (Å²) in [5.41, 5.74) is 0. The van der Waals surface area contributed by atoms with Gasteiger partial charge in [0.1, 0.15) is 12.2 Å². The number of ether oxygens (including phenoxy) is 2. The zero-order chi connectivity index (χ0) is 10.9. The van der Waals surface area contributed by atoms with Gasteiger partial charge in [0.15, 0.2) is 12.4 Å². The van der Waals surface area contributed by atoms with Crippen molar-refractivity contribution in [2.45, 2.75) is 30.4 Å². The van der Waals surface area contributed by atoms with Gasteiger partial charge >= 0.3 is 0 Å². The highest BCUT2D eigenvalue weighted by molar-refractivity contribution is 4.95. The number of aliphatic hydroxyl groups excluding tert-OH is 4. The topological polar surface area (TPSA) is 120 Å². The smallest absolute Gasteiger partial charge is 0.226 e. The Morgan fingerprint density at radius 2 is 1.86 bits per heavy atom. The number of methoxy groups -OCH3 is 1. The van der Waals surface area contributed by atoms with Gasteiger partial charge in [0, 0.05) is 7.11 Å². The SMILES string of the molecule is CO[C@]1(O)[C@H](O)[C@@H](CO)O[C@@H](O)[C@@H]1O. The molecule has 0 spiro atoms. The summed E-state index contributed by atoms with van der Waals surface area (Å²) >= 11 is 0. The van der Waals surface area contributed by atoms with Crippen LogP contribution in [0.2, 0.25) is 0 Å². The van der Waals surface area contributed by atoms with Crippen molar-refractivity contribution in [3.05, 3.63) is 0 Å². The fraction of sp³-hybridized carbons (Fsp3) is 1.00. The van der Waals surface area contributed by atoms with Gasteiger partial charge in [-0.05, 0) is 0 Å². The Morgan fingerprint density at radius 3 is 2.29 bits per heavy atom. The third-order valence-corrected chi connectivity index (χ3v) is 2.29. The van der Waals surface area contributed by atoms with Gasteiger partial charge in [-0.3, -0.25) is 0 Å². The van der Waals surface area contributed by atoms with Crippen LogP contribution in [-0.4, -0.2) is 69.6 Å². The summed E-state index contributed by atoms with van der Waals surface area (Å²) in [6.07, 6.45) is -6.37. The van der Waals surface area contributed by atoms with Crippen molar-refractivity contribution < 1.29 is 35.0 Å². The van der Waals surface area contributed by atoms with Gasteiger partial charge < -0.3 is 35.0 Å². The number of hydrogen-bond acceptors (Lipinski definition) is 7. The molecule has 1 aliphatic rings. The molecule has 1 saturated heterocycles. The predicted molar refractivity (Wildman–Crippen MR) is 41.9 cm³/mol. The standard InChI is InChI=1S/C7H14O7/c1-13-7(12)4(9)3(2-8)14-6(11)5(7)10/h3-6,8-12H,2H2,1H3/t3-,4-,5+,6-,7-/m1/s1. The monoisotopic (exact) mass is 210 g/mol. The molecule has 1 rings (SSSR count). The number of aliphatic hydroxyl groups is 5. The molecule has 84 valence electrons. The van der Waals surface area contributed by atoms with Gasteiger partial charge in [-0.1, -0.05) is 0 Å². The van der Waals surface area contributed by atoms with E-state index in [1.807, 2.05) is 0 Å². The van der Waals surface area contributed by atoms with E-state index in [4.69, 9.17) is 10.2 Å². The summed E-state index contributed by atoms with van der Waals surface area (Å²) in [5, 5.41) is 46.2. The van der Waals surface area contributed by atoms with Crippen molar-refractivity contribution in [2.75, 3.05) is 13.7 Å². The van der Waals surface area contributed by atoms with Gasteiger partial charge in [0.05, 0.1) is 6.61 Å². The van der Waals surface area contributed by atoms with E-state index in [1.165, 1.54) is 0 Å². The Bertz CT molecular complexity index is 198. The predicted octanol–water partition coefficient (Wildman–Crippen LogP) is -3.25. The first-order valence-corrected chi connectivity index (χ1v) is 4.05. The Balaban J connectivity index is 2.89. The Labute approximate surface area is 80.1 Å². The van der Waals surface area contributed by atoms with E-state index in [0.717, 1.165) is 7.11 Å². The van der Waals surface area contributed by atoms with E-state index in [0.29, 0.717) is 0 Å². The van der Waals surface area contributed by atoms with E-state index < -0.39 is 37.0 Å². The summed E-state index contributed by atoms with van der Waals surface area (Å²) in [7, 11) is 1.05. The van der Waals surface area contributed by atoms with Crippen LogP contribution in [-0.2, 0) is 9.47 Å². The lowest BCUT2D eigenvalue weighted by Gasteiger charge is -2.44. The number of rotatable bonds is 2. The van der Waals surface area contributed by atoms with Crippen LogP contribution in [0.4, 0.5) is 0 Å². The summed E-state index contributed by atoms with van der Waals surface area (Å²) in [4.78, 5) is 0. The molecule has 0 aromatic carbocycles. The molecule has 1 aliphatic heterocycles. The summed E-state index contributed by atoms with van der Waals surface area (Å²) in [6, 6.07) is 0. The lowest BCUT2D eigenvalue weighted by Crippen LogP contribution is -2.67. The minimum Gasteiger partial charge on any atom is -0.394 e. The third-order valence-electron chi connectivity index (χ3n) is 2.29. The van der Waals surface area contributed by atoms with E-state index in [-0.39, 0.29) is 0 Å². The average molecular weight is 210 g/mol. The molecule has 0 aliphatic carbocycles. The fourth-order valence-electron chi connectivity index (χ4n) is 1.36. The molecular formula is C7H14O7. The molecule has 5 N–H and O–H groups in total. The maximum absolute atomic E-state index is 9.62.